The first-order valence-corrected chi connectivity index (χ1v) is 10.1. The molecule has 0 N–H and O–H groups in total. The highest BCUT2D eigenvalue weighted by Gasteiger charge is 2.36. The van der Waals surface area contributed by atoms with E-state index in [0.29, 0.717) is 0 Å². The van der Waals surface area contributed by atoms with Crippen LogP contribution in [-0.4, -0.2) is 23.5 Å². The zero-order chi connectivity index (χ0) is 18.5. The molecule has 0 radical (unpaired) electrons. The van der Waals surface area contributed by atoms with Crippen LogP contribution in [-0.2, 0) is 10.1 Å². The lowest BCUT2D eigenvalue weighted by Gasteiger charge is -2.08. The van der Waals surface area contributed by atoms with E-state index in [1.54, 1.807) is 0 Å². The quantitative estimate of drug-likeness (QED) is 0.355. The summed E-state index contributed by atoms with van der Waals surface area (Å²) in [6.45, 7) is 6.59. The summed E-state index contributed by atoms with van der Waals surface area (Å²) in [5.41, 5.74) is -1.44. The van der Waals surface area contributed by atoms with Crippen molar-refractivity contribution < 1.29 is 47.3 Å². The molecule has 1 heterocycles. The monoisotopic (exact) mass is 473 g/mol. The van der Waals surface area contributed by atoms with Crippen molar-refractivity contribution in [3.63, 3.8) is 0 Å². The van der Waals surface area contributed by atoms with Crippen molar-refractivity contribution in [2.24, 2.45) is 0 Å². The number of hydrogen-bond acceptors (Lipinski definition) is 4. The minimum absolute atomic E-state index is 0.0900. The Morgan fingerprint density at radius 3 is 2.00 bits per heavy atom. The molecule has 0 unspecified atom stereocenters. The van der Waals surface area contributed by atoms with Gasteiger partial charge >= 0.3 is 26.7 Å². The molecule has 0 aliphatic heterocycles. The molecule has 132 valence electrons. The van der Waals surface area contributed by atoms with Crippen molar-refractivity contribution in [3.05, 3.63) is 60.5 Å². The van der Waals surface area contributed by atoms with E-state index < -0.39 is 15.6 Å². The van der Waals surface area contributed by atoms with E-state index in [-0.39, 0.29) is 21.2 Å². The average Bonchev–Trinajstić information content (AvgIpc) is 2.42. The van der Waals surface area contributed by atoms with Gasteiger partial charge in [-0.15, -0.1) is 0 Å². The third kappa shape index (κ3) is 6.36. The largest absolute Gasteiger partial charge is 0.741 e. The zero-order valence-corrected chi connectivity index (χ0v) is 16.0. The van der Waals surface area contributed by atoms with Crippen LogP contribution in [0.3, 0.4) is 0 Å². The molecule has 1 aromatic heterocycles. The minimum Gasteiger partial charge on any atom is -0.741 e. The van der Waals surface area contributed by atoms with Gasteiger partial charge in [0.25, 0.3) is 0 Å². The fourth-order valence-electron chi connectivity index (χ4n) is 1.82. The number of hydrogen-bond donors (Lipinski definition) is 0. The third-order valence-corrected chi connectivity index (χ3v) is 6.76. The molecule has 4 nitrogen and oxygen atoms in total. The van der Waals surface area contributed by atoms with Crippen LogP contribution in [0.2, 0.25) is 0 Å². The van der Waals surface area contributed by atoms with Crippen LogP contribution in [0, 0.1) is 27.9 Å². The number of aryl methyl sites for hydroxylation is 3. The van der Waals surface area contributed by atoms with Gasteiger partial charge in [-0.05, 0) is 32.9 Å². The molecule has 0 aliphatic carbocycles. The van der Waals surface area contributed by atoms with Gasteiger partial charge < -0.3 is 4.55 Å². The van der Waals surface area contributed by atoms with Crippen LogP contribution >= 0.6 is 0 Å². The molecule has 2 rings (SSSR count). The molecule has 9 heteroatoms. The van der Waals surface area contributed by atoms with Gasteiger partial charge in [0.15, 0.2) is 13.7 Å². The van der Waals surface area contributed by atoms with E-state index in [2.05, 4.69) is 44.0 Å². The van der Waals surface area contributed by atoms with Gasteiger partial charge in [0.05, 0.1) is 6.20 Å². The number of nitrogens with zero attached hydrogens (tertiary/aromatic N) is 1. The Labute approximate surface area is 149 Å². The molecule has 0 aliphatic rings. The Bertz CT molecular complexity index is 770. The van der Waals surface area contributed by atoms with E-state index in [1.165, 1.54) is 23.8 Å². The number of pyridine rings is 1. The SMILES string of the molecule is Cc1cc(C)c([I+]c2cccnc2)c(C)c1.O=S(=O)([O-])C(F)(F)F. The lowest BCUT2D eigenvalue weighted by Crippen LogP contribution is -3.62. The predicted octanol–water partition coefficient (Wildman–Crippen LogP) is 0.187. The summed E-state index contributed by atoms with van der Waals surface area (Å²) in [7, 11) is -6.09. The minimum atomic E-state index is -6.09. The Morgan fingerprint density at radius 1 is 1.12 bits per heavy atom. The second kappa shape index (κ2) is 8.26. The standard InChI is InChI=1S/C14H15IN.CHF3O3S/c1-10-7-11(2)14(12(3)8-10)15-13-5-4-6-16-9-13;2-1(3,4)8(5,6)7/h4-9H,1-3H3;(H,5,6,7)/q+1;/p-1. The summed E-state index contributed by atoms with van der Waals surface area (Å²) in [5, 5.41) is 0. The second-order valence-corrected chi connectivity index (χ2v) is 9.11. The van der Waals surface area contributed by atoms with E-state index >= 15 is 0 Å². The Hall–Kier alpha value is -1.20. The van der Waals surface area contributed by atoms with E-state index in [4.69, 9.17) is 13.0 Å². The van der Waals surface area contributed by atoms with Crippen molar-refractivity contribution >= 4 is 10.1 Å². The molecule has 24 heavy (non-hydrogen) atoms. The first-order valence-electron chi connectivity index (χ1n) is 6.56. The van der Waals surface area contributed by atoms with Crippen LogP contribution in [0.4, 0.5) is 13.2 Å². The molecule has 0 atom stereocenters. The maximum Gasteiger partial charge on any atom is 0.485 e. The molecule has 0 fully saturated rings. The van der Waals surface area contributed by atoms with Gasteiger partial charge in [-0.25, -0.2) is 8.42 Å². The van der Waals surface area contributed by atoms with E-state index in [1.807, 2.05) is 18.5 Å². The summed E-state index contributed by atoms with van der Waals surface area (Å²) in [5.74, 6) is 0. The third-order valence-electron chi connectivity index (χ3n) is 2.69. The van der Waals surface area contributed by atoms with Crippen molar-refractivity contribution in [2.45, 2.75) is 26.3 Å². The van der Waals surface area contributed by atoms with Gasteiger partial charge in [-0.2, -0.15) is 13.2 Å². The van der Waals surface area contributed by atoms with Crippen LogP contribution in [0.25, 0.3) is 0 Å². The summed E-state index contributed by atoms with van der Waals surface area (Å²) < 4.78 is 61.8. The first-order chi connectivity index (χ1) is 10.9. The average molecular weight is 473 g/mol. The van der Waals surface area contributed by atoms with Crippen LogP contribution in [0.15, 0.2) is 36.7 Å². The molecule has 0 saturated carbocycles. The summed E-state index contributed by atoms with van der Waals surface area (Å²) in [6.07, 6.45) is 3.83. The van der Waals surface area contributed by atoms with Crippen molar-refractivity contribution in [2.75, 3.05) is 0 Å². The van der Waals surface area contributed by atoms with Gasteiger partial charge in [0, 0.05) is 17.3 Å². The van der Waals surface area contributed by atoms with Crippen molar-refractivity contribution in [3.8, 4) is 0 Å². The van der Waals surface area contributed by atoms with E-state index in [0.717, 1.165) is 0 Å². The zero-order valence-electron chi connectivity index (χ0n) is 13.1. The molecule has 0 saturated heterocycles. The highest BCUT2D eigenvalue weighted by atomic mass is 127. The van der Waals surface area contributed by atoms with Crippen LogP contribution < -0.4 is 21.2 Å². The number of aromatic nitrogens is 1. The molecule has 0 amide bonds. The maximum absolute atomic E-state index is 10.7. The predicted molar refractivity (Wildman–Crippen MR) is 78.0 cm³/mol. The fourth-order valence-corrected chi connectivity index (χ4v) is 4.29. The second-order valence-electron chi connectivity index (χ2n) is 4.88. The van der Waals surface area contributed by atoms with E-state index in [9.17, 15) is 13.2 Å². The molecule has 0 bridgehead atoms. The first kappa shape index (κ1) is 20.8. The Kier molecular flexibility index (Phi) is 7.17. The lowest BCUT2D eigenvalue weighted by molar-refractivity contribution is -0.599. The summed E-state index contributed by atoms with van der Waals surface area (Å²) >= 11 is -0.0900. The van der Waals surface area contributed by atoms with Gasteiger partial charge in [-0.1, -0.05) is 17.7 Å². The summed E-state index contributed by atoms with van der Waals surface area (Å²) in [6, 6.07) is 8.75. The molecular formula is C15H15F3INO3S. The van der Waals surface area contributed by atoms with Crippen molar-refractivity contribution in [1.29, 1.82) is 0 Å². The lowest BCUT2D eigenvalue weighted by atomic mass is 10.1. The molecule has 0 spiro atoms. The highest BCUT2D eigenvalue weighted by Crippen LogP contribution is 2.20. The molecular weight excluding hydrogens is 458 g/mol. The normalized spacial score (nSPS) is 11.6. The number of alkyl halides is 3. The van der Waals surface area contributed by atoms with Gasteiger partial charge in [0.2, 0.25) is 3.57 Å². The number of halogens is 4. The van der Waals surface area contributed by atoms with Gasteiger partial charge in [0.1, 0.15) is 0 Å². The molecule has 1 aromatic carbocycles. The fraction of sp³-hybridized carbons (Fsp3) is 0.267. The van der Waals surface area contributed by atoms with Crippen LogP contribution in [0.1, 0.15) is 16.7 Å². The van der Waals surface area contributed by atoms with Crippen molar-refractivity contribution in [1.82, 2.24) is 4.98 Å². The summed E-state index contributed by atoms with van der Waals surface area (Å²) in [4.78, 5) is 4.19. The topological polar surface area (TPSA) is 70.1 Å². The smallest absolute Gasteiger partial charge is 0.485 e. The number of rotatable bonds is 2. The molecule has 2 aromatic rings. The maximum atomic E-state index is 10.7. The Morgan fingerprint density at radius 2 is 1.62 bits per heavy atom. The Balaban J connectivity index is 0.000000307. The number of benzene rings is 1. The van der Waals surface area contributed by atoms with Gasteiger partial charge in [-0.3, -0.25) is 4.98 Å². The van der Waals surface area contributed by atoms with Crippen LogP contribution in [0.5, 0.6) is 0 Å². The highest BCUT2D eigenvalue weighted by molar-refractivity contribution is 7.86.